The molecule has 1 aliphatic carbocycles. The summed E-state index contributed by atoms with van der Waals surface area (Å²) in [6.45, 7) is 3.40. The Morgan fingerprint density at radius 3 is 2.66 bits per heavy atom. The molecule has 2 aromatic carbocycles. The second-order valence-electron chi connectivity index (χ2n) is 6.75. The van der Waals surface area contributed by atoms with Crippen LogP contribution in [0.3, 0.4) is 0 Å². The summed E-state index contributed by atoms with van der Waals surface area (Å²) in [5.41, 5.74) is 2.79. The summed E-state index contributed by atoms with van der Waals surface area (Å²) in [5.74, 6) is -1.24. The summed E-state index contributed by atoms with van der Waals surface area (Å²) < 4.78 is 10.4. The normalized spacial score (nSPS) is 13.3. The molecular weight excluding hydrogens is 376 g/mol. The zero-order valence-corrected chi connectivity index (χ0v) is 16.3. The standard InChI is InChI=1S/C21H22N2O6/c1-3-28-19-10-8-16(12-18(19)23(26)27)21(25)29-13(2)20(24)22-17-9-7-14-5-4-6-15(14)11-17/h7-13H,3-6H2,1-2H3,(H,22,24)/t13-/m0/s1. The van der Waals surface area contributed by atoms with Gasteiger partial charge in [0.05, 0.1) is 17.1 Å². The van der Waals surface area contributed by atoms with Crippen LogP contribution in [-0.2, 0) is 22.4 Å². The third-order valence-electron chi connectivity index (χ3n) is 4.71. The van der Waals surface area contributed by atoms with Gasteiger partial charge in [-0.3, -0.25) is 14.9 Å². The predicted octanol–water partition coefficient (Wildman–Crippen LogP) is 3.67. The number of rotatable bonds is 7. The minimum Gasteiger partial charge on any atom is -0.487 e. The van der Waals surface area contributed by atoms with Crippen molar-refractivity contribution in [2.24, 2.45) is 0 Å². The number of nitrogens with one attached hydrogen (secondary N) is 1. The number of nitro benzene ring substituents is 1. The molecule has 1 N–H and O–H groups in total. The van der Waals surface area contributed by atoms with E-state index in [2.05, 4.69) is 5.32 Å². The number of benzene rings is 2. The van der Waals surface area contributed by atoms with Crippen LogP contribution in [0.2, 0.25) is 0 Å². The minimum absolute atomic E-state index is 0.0302. The predicted molar refractivity (Wildman–Crippen MR) is 106 cm³/mol. The van der Waals surface area contributed by atoms with Gasteiger partial charge in [0.25, 0.3) is 5.91 Å². The molecule has 29 heavy (non-hydrogen) atoms. The second kappa shape index (κ2) is 8.72. The number of esters is 1. The molecule has 1 atom stereocenters. The number of aryl methyl sites for hydroxylation is 2. The van der Waals surface area contributed by atoms with Crippen LogP contribution >= 0.6 is 0 Å². The van der Waals surface area contributed by atoms with E-state index in [4.69, 9.17) is 9.47 Å². The van der Waals surface area contributed by atoms with Crippen molar-refractivity contribution in [3.8, 4) is 5.75 Å². The van der Waals surface area contributed by atoms with Crippen molar-refractivity contribution in [1.29, 1.82) is 0 Å². The summed E-state index contributed by atoms with van der Waals surface area (Å²) in [5, 5.41) is 13.9. The first kappa shape index (κ1) is 20.3. The van der Waals surface area contributed by atoms with E-state index < -0.39 is 22.9 Å². The molecule has 2 aromatic rings. The number of anilines is 1. The van der Waals surface area contributed by atoms with E-state index in [1.807, 2.05) is 18.2 Å². The van der Waals surface area contributed by atoms with Crippen molar-refractivity contribution in [3.05, 3.63) is 63.2 Å². The molecule has 0 fully saturated rings. The van der Waals surface area contributed by atoms with E-state index in [9.17, 15) is 19.7 Å². The Labute approximate surface area is 168 Å². The number of ether oxygens (including phenoxy) is 2. The second-order valence-corrected chi connectivity index (χ2v) is 6.75. The molecule has 0 saturated carbocycles. The highest BCUT2D eigenvalue weighted by Crippen LogP contribution is 2.28. The summed E-state index contributed by atoms with van der Waals surface area (Å²) >= 11 is 0. The third-order valence-corrected chi connectivity index (χ3v) is 4.71. The number of fused-ring (bicyclic) bond motifs is 1. The lowest BCUT2D eigenvalue weighted by Gasteiger charge is -2.14. The van der Waals surface area contributed by atoms with Crippen molar-refractivity contribution < 1.29 is 24.0 Å². The zero-order valence-electron chi connectivity index (χ0n) is 16.3. The number of nitrogens with zero attached hydrogens (tertiary/aromatic N) is 1. The van der Waals surface area contributed by atoms with Crippen LogP contribution in [0, 0.1) is 10.1 Å². The molecule has 1 aliphatic rings. The Kier molecular flexibility index (Phi) is 6.11. The Bertz CT molecular complexity index is 956. The maximum absolute atomic E-state index is 12.4. The van der Waals surface area contributed by atoms with Gasteiger partial charge in [0.1, 0.15) is 0 Å². The molecule has 0 saturated heterocycles. The molecule has 0 bridgehead atoms. The maximum atomic E-state index is 12.4. The van der Waals surface area contributed by atoms with E-state index in [-0.39, 0.29) is 23.6 Å². The van der Waals surface area contributed by atoms with Crippen LogP contribution in [0.25, 0.3) is 0 Å². The number of amides is 1. The SMILES string of the molecule is CCOc1ccc(C(=O)O[C@@H](C)C(=O)Nc2ccc3c(c2)CCC3)cc1[N+](=O)[O-]. The zero-order chi connectivity index (χ0) is 21.0. The van der Waals surface area contributed by atoms with Gasteiger partial charge in [-0.25, -0.2) is 4.79 Å². The molecule has 0 aliphatic heterocycles. The molecule has 8 heteroatoms. The fourth-order valence-corrected chi connectivity index (χ4v) is 3.24. The number of carbonyl (C=O) groups is 2. The first-order valence-corrected chi connectivity index (χ1v) is 9.44. The van der Waals surface area contributed by atoms with Crippen molar-refractivity contribution >= 4 is 23.3 Å². The maximum Gasteiger partial charge on any atom is 0.339 e. The van der Waals surface area contributed by atoms with E-state index in [1.54, 1.807) is 6.92 Å². The van der Waals surface area contributed by atoms with Gasteiger partial charge in [0.15, 0.2) is 11.9 Å². The van der Waals surface area contributed by atoms with Gasteiger partial charge in [-0.2, -0.15) is 0 Å². The summed E-state index contributed by atoms with van der Waals surface area (Å²) in [7, 11) is 0. The van der Waals surface area contributed by atoms with Crippen molar-refractivity contribution in [1.82, 2.24) is 0 Å². The molecule has 3 rings (SSSR count). The van der Waals surface area contributed by atoms with Crippen LogP contribution in [0.5, 0.6) is 5.75 Å². The topological polar surface area (TPSA) is 108 Å². The lowest BCUT2D eigenvalue weighted by Crippen LogP contribution is -2.30. The molecule has 1 amide bonds. The number of hydrogen-bond donors (Lipinski definition) is 1. The van der Waals surface area contributed by atoms with Gasteiger partial charge in [-0.1, -0.05) is 6.07 Å². The van der Waals surface area contributed by atoms with Crippen molar-refractivity contribution in [2.75, 3.05) is 11.9 Å². The molecule has 152 valence electrons. The quantitative estimate of drug-likeness (QED) is 0.433. The first-order valence-electron chi connectivity index (χ1n) is 9.44. The Morgan fingerprint density at radius 1 is 1.17 bits per heavy atom. The van der Waals surface area contributed by atoms with Gasteiger partial charge in [-0.15, -0.1) is 0 Å². The summed E-state index contributed by atoms with van der Waals surface area (Å²) in [6, 6.07) is 9.54. The lowest BCUT2D eigenvalue weighted by molar-refractivity contribution is -0.385. The van der Waals surface area contributed by atoms with Gasteiger partial charge >= 0.3 is 11.7 Å². The average Bonchev–Trinajstić information content (AvgIpc) is 3.16. The third kappa shape index (κ3) is 4.71. The van der Waals surface area contributed by atoms with Crippen LogP contribution in [-0.4, -0.2) is 29.5 Å². The van der Waals surface area contributed by atoms with Gasteiger partial charge in [0.2, 0.25) is 0 Å². The molecular formula is C21H22N2O6. The Morgan fingerprint density at radius 2 is 1.93 bits per heavy atom. The van der Waals surface area contributed by atoms with Gasteiger partial charge in [-0.05, 0) is 68.5 Å². The minimum atomic E-state index is -1.07. The Balaban J connectivity index is 1.66. The van der Waals surface area contributed by atoms with Crippen LogP contribution in [0.1, 0.15) is 41.8 Å². The highest BCUT2D eigenvalue weighted by molar-refractivity contribution is 5.97. The van der Waals surface area contributed by atoms with Crippen molar-refractivity contribution in [2.45, 2.75) is 39.2 Å². The highest BCUT2D eigenvalue weighted by Gasteiger charge is 2.23. The molecule has 0 aromatic heterocycles. The number of nitro groups is 1. The van der Waals surface area contributed by atoms with E-state index in [0.717, 1.165) is 25.3 Å². The van der Waals surface area contributed by atoms with E-state index in [1.165, 1.54) is 30.2 Å². The molecule has 8 nitrogen and oxygen atoms in total. The number of hydrogen-bond acceptors (Lipinski definition) is 6. The number of carbonyl (C=O) groups excluding carboxylic acids is 2. The van der Waals surface area contributed by atoms with Crippen LogP contribution in [0.15, 0.2) is 36.4 Å². The molecule has 0 radical (unpaired) electrons. The highest BCUT2D eigenvalue weighted by atomic mass is 16.6. The fraction of sp³-hybridized carbons (Fsp3) is 0.333. The summed E-state index contributed by atoms with van der Waals surface area (Å²) in [6.07, 6.45) is 2.07. The first-order chi connectivity index (χ1) is 13.9. The molecule has 0 heterocycles. The van der Waals surface area contributed by atoms with Crippen LogP contribution in [0.4, 0.5) is 11.4 Å². The van der Waals surface area contributed by atoms with Gasteiger partial charge in [0, 0.05) is 11.8 Å². The Hall–Kier alpha value is -3.42. The average molecular weight is 398 g/mol. The van der Waals surface area contributed by atoms with E-state index in [0.29, 0.717) is 5.69 Å². The largest absolute Gasteiger partial charge is 0.487 e. The fourth-order valence-electron chi connectivity index (χ4n) is 3.24. The van der Waals surface area contributed by atoms with Gasteiger partial charge < -0.3 is 14.8 Å². The smallest absolute Gasteiger partial charge is 0.339 e. The van der Waals surface area contributed by atoms with E-state index >= 15 is 0 Å². The van der Waals surface area contributed by atoms with Crippen LogP contribution < -0.4 is 10.1 Å². The lowest BCUT2D eigenvalue weighted by atomic mass is 10.1. The summed E-state index contributed by atoms with van der Waals surface area (Å²) in [4.78, 5) is 35.3. The molecule has 0 spiro atoms. The monoisotopic (exact) mass is 398 g/mol. The molecule has 0 unspecified atom stereocenters. The van der Waals surface area contributed by atoms with Crippen molar-refractivity contribution in [3.63, 3.8) is 0 Å².